The van der Waals surface area contributed by atoms with E-state index in [1.54, 1.807) is 0 Å². The van der Waals surface area contributed by atoms with Gasteiger partial charge in [-0.25, -0.2) is 4.85 Å². The lowest BCUT2D eigenvalue weighted by molar-refractivity contribution is 1.17. The Labute approximate surface area is 316 Å². The van der Waals surface area contributed by atoms with Crippen LogP contribution < -0.4 is 0 Å². The maximum atomic E-state index is 9.76. The number of nitrogens with zero attached hydrogens (tertiary/aromatic N) is 5. The summed E-state index contributed by atoms with van der Waals surface area (Å²) in [5.74, 6) is 0. The number of fused-ring (bicyclic) bond motifs is 9. The van der Waals surface area contributed by atoms with Crippen molar-refractivity contribution < 1.29 is 0 Å². The molecule has 0 atom stereocenters. The highest BCUT2D eigenvalue weighted by molar-refractivity contribution is 6.17. The summed E-state index contributed by atoms with van der Waals surface area (Å²) in [4.78, 5) is 4.07. The molecule has 0 aliphatic heterocycles. The zero-order chi connectivity index (χ0) is 36.6. The Balaban J connectivity index is 1.17. The third-order valence-electron chi connectivity index (χ3n) is 11.1. The molecule has 11 aromatic rings. The van der Waals surface area contributed by atoms with Crippen LogP contribution in [0.25, 0.3) is 98.5 Å². The molecular formula is C50H29N5. The van der Waals surface area contributed by atoms with Crippen LogP contribution in [0.2, 0.25) is 0 Å². The van der Waals surface area contributed by atoms with Crippen LogP contribution in [-0.2, 0) is 0 Å². The molecule has 0 saturated heterocycles. The second-order valence-electron chi connectivity index (χ2n) is 13.9. The summed E-state index contributed by atoms with van der Waals surface area (Å²) >= 11 is 0. The van der Waals surface area contributed by atoms with Crippen molar-refractivity contribution >= 4 is 71.1 Å². The maximum absolute atomic E-state index is 9.76. The fourth-order valence-corrected chi connectivity index (χ4v) is 8.83. The maximum Gasteiger partial charge on any atom is 0.211 e. The normalized spacial score (nSPS) is 11.6. The lowest BCUT2D eigenvalue weighted by Crippen LogP contribution is -1.99. The molecule has 254 valence electrons. The summed E-state index contributed by atoms with van der Waals surface area (Å²) in [6.07, 6.45) is 0. The summed E-state index contributed by atoms with van der Waals surface area (Å²) in [6.45, 7) is 8.29. The standard InChI is InChI=1S/C50H29N5/c1-52-41-20-11-19-35(50(41)55-43-22-7-2-15-36(43)37-16-3-8-23-44(37)55)33-13-10-14-34(30-33)53-45-24-9-5-18-39(45)49-47(53)25-12-26-48(49)54-42-21-6-4-17-38(42)40-29-32(31-51)27-28-46(40)54/h2-30H. The first kappa shape index (κ1) is 30.7. The van der Waals surface area contributed by atoms with Crippen LogP contribution in [-0.4, -0.2) is 13.7 Å². The number of rotatable bonds is 4. The molecule has 0 radical (unpaired) electrons. The molecule has 0 aliphatic carbocycles. The summed E-state index contributed by atoms with van der Waals surface area (Å²) < 4.78 is 6.96. The minimum Gasteiger partial charge on any atom is -0.318 e. The molecule has 5 heteroatoms. The van der Waals surface area contributed by atoms with Crippen molar-refractivity contribution in [3.63, 3.8) is 0 Å². The van der Waals surface area contributed by atoms with Crippen LogP contribution >= 0.6 is 0 Å². The molecule has 3 aromatic heterocycles. The van der Waals surface area contributed by atoms with Crippen molar-refractivity contribution in [3.05, 3.63) is 193 Å². The van der Waals surface area contributed by atoms with Gasteiger partial charge >= 0.3 is 0 Å². The van der Waals surface area contributed by atoms with Crippen LogP contribution in [0.5, 0.6) is 0 Å². The molecule has 3 heterocycles. The molecule has 0 amide bonds. The monoisotopic (exact) mass is 699 g/mol. The first-order chi connectivity index (χ1) is 27.2. The summed E-state index contributed by atoms with van der Waals surface area (Å²) in [6, 6.07) is 63.5. The van der Waals surface area contributed by atoms with E-state index in [0.29, 0.717) is 11.3 Å². The van der Waals surface area contributed by atoms with Gasteiger partial charge in [0.25, 0.3) is 0 Å². The quantitative estimate of drug-likeness (QED) is 0.169. The van der Waals surface area contributed by atoms with Crippen LogP contribution in [0.1, 0.15) is 5.56 Å². The van der Waals surface area contributed by atoms with E-state index in [2.05, 4.69) is 176 Å². The van der Waals surface area contributed by atoms with Crippen LogP contribution in [0.3, 0.4) is 0 Å². The van der Waals surface area contributed by atoms with Gasteiger partial charge in [0.05, 0.1) is 62.7 Å². The van der Waals surface area contributed by atoms with Crippen LogP contribution in [0.4, 0.5) is 5.69 Å². The van der Waals surface area contributed by atoms with E-state index in [1.807, 2.05) is 24.3 Å². The van der Waals surface area contributed by atoms with Gasteiger partial charge in [0.2, 0.25) is 5.69 Å². The van der Waals surface area contributed by atoms with Crippen molar-refractivity contribution in [2.24, 2.45) is 0 Å². The number of nitriles is 1. The number of benzene rings is 8. The topological polar surface area (TPSA) is 42.9 Å². The van der Waals surface area contributed by atoms with E-state index in [9.17, 15) is 5.26 Å². The highest BCUT2D eigenvalue weighted by atomic mass is 15.0. The molecule has 0 N–H and O–H groups in total. The zero-order valence-corrected chi connectivity index (χ0v) is 29.5. The van der Waals surface area contributed by atoms with E-state index in [0.717, 1.165) is 93.6 Å². The first-order valence-electron chi connectivity index (χ1n) is 18.3. The third kappa shape index (κ3) is 4.39. The average molecular weight is 700 g/mol. The van der Waals surface area contributed by atoms with E-state index in [-0.39, 0.29) is 0 Å². The minimum atomic E-state index is 0.601. The average Bonchev–Trinajstić information content (AvgIpc) is 3.89. The minimum absolute atomic E-state index is 0.601. The molecule has 5 nitrogen and oxygen atoms in total. The second-order valence-corrected chi connectivity index (χ2v) is 13.9. The Morgan fingerprint density at radius 2 is 1.02 bits per heavy atom. The first-order valence-corrected chi connectivity index (χ1v) is 18.3. The second kappa shape index (κ2) is 11.8. The molecule has 0 bridgehead atoms. The lowest BCUT2D eigenvalue weighted by Gasteiger charge is -2.17. The smallest absolute Gasteiger partial charge is 0.211 e. The molecule has 55 heavy (non-hydrogen) atoms. The van der Waals surface area contributed by atoms with Crippen LogP contribution in [0.15, 0.2) is 176 Å². The van der Waals surface area contributed by atoms with Gasteiger partial charge in [-0.3, -0.25) is 0 Å². The number of hydrogen-bond donors (Lipinski definition) is 0. The van der Waals surface area contributed by atoms with Gasteiger partial charge < -0.3 is 13.7 Å². The highest BCUT2D eigenvalue weighted by Gasteiger charge is 2.22. The van der Waals surface area contributed by atoms with Crippen molar-refractivity contribution in [3.8, 4) is 34.3 Å². The Hall–Kier alpha value is -7.86. The molecule has 0 saturated carbocycles. The Bertz CT molecular complexity index is 3420. The largest absolute Gasteiger partial charge is 0.318 e. The van der Waals surface area contributed by atoms with Crippen molar-refractivity contribution in [2.45, 2.75) is 0 Å². The predicted molar refractivity (Wildman–Crippen MR) is 226 cm³/mol. The summed E-state index contributed by atoms with van der Waals surface area (Å²) in [7, 11) is 0. The van der Waals surface area contributed by atoms with E-state index < -0.39 is 0 Å². The molecule has 8 aromatic carbocycles. The van der Waals surface area contributed by atoms with E-state index >= 15 is 0 Å². The fraction of sp³-hybridized carbons (Fsp3) is 0. The predicted octanol–water partition coefficient (Wildman–Crippen LogP) is 13.1. The van der Waals surface area contributed by atoms with Gasteiger partial charge in [-0.2, -0.15) is 5.26 Å². The molecule has 0 spiro atoms. The Morgan fingerprint density at radius 3 is 1.71 bits per heavy atom. The highest BCUT2D eigenvalue weighted by Crippen LogP contribution is 2.43. The Kier molecular flexibility index (Phi) is 6.61. The van der Waals surface area contributed by atoms with Gasteiger partial charge in [-0.1, -0.05) is 109 Å². The third-order valence-corrected chi connectivity index (χ3v) is 11.1. The number of para-hydroxylation sites is 5. The van der Waals surface area contributed by atoms with Crippen molar-refractivity contribution in [1.29, 1.82) is 5.26 Å². The van der Waals surface area contributed by atoms with Crippen molar-refractivity contribution in [2.75, 3.05) is 0 Å². The van der Waals surface area contributed by atoms with Gasteiger partial charge in [-0.05, 0) is 77.9 Å². The molecule has 0 unspecified atom stereocenters. The zero-order valence-electron chi connectivity index (χ0n) is 29.5. The van der Waals surface area contributed by atoms with E-state index in [1.165, 1.54) is 0 Å². The summed E-state index contributed by atoms with van der Waals surface area (Å²) in [5, 5.41) is 16.6. The molecular weight excluding hydrogens is 671 g/mol. The molecule has 11 rings (SSSR count). The number of hydrogen-bond acceptors (Lipinski definition) is 1. The Morgan fingerprint density at radius 1 is 0.455 bits per heavy atom. The fourth-order valence-electron chi connectivity index (χ4n) is 8.83. The van der Waals surface area contributed by atoms with Crippen molar-refractivity contribution in [1.82, 2.24) is 13.7 Å². The van der Waals surface area contributed by atoms with Crippen LogP contribution in [0, 0.1) is 17.9 Å². The molecule has 0 fully saturated rings. The summed E-state index contributed by atoms with van der Waals surface area (Å²) in [5.41, 5.74) is 12.7. The van der Waals surface area contributed by atoms with Gasteiger partial charge in [0, 0.05) is 38.0 Å². The van der Waals surface area contributed by atoms with Gasteiger partial charge in [0.15, 0.2) is 0 Å². The molecule has 0 aliphatic rings. The van der Waals surface area contributed by atoms with E-state index in [4.69, 9.17) is 6.57 Å². The van der Waals surface area contributed by atoms with Gasteiger partial charge in [0.1, 0.15) is 0 Å². The van der Waals surface area contributed by atoms with Gasteiger partial charge in [-0.15, -0.1) is 0 Å². The number of aromatic nitrogens is 3. The lowest BCUT2D eigenvalue weighted by atomic mass is 10.0. The SMILES string of the molecule is [C-]#[N+]c1cccc(-c2cccc(-n3c4ccccc4c4c(-n5c6ccccc6c6cc(C#N)ccc65)cccc43)c2)c1-n1c2ccccc2c2ccccc21.